The van der Waals surface area contributed by atoms with E-state index in [0.29, 0.717) is 12.5 Å². The molecule has 6 heteroatoms. The summed E-state index contributed by atoms with van der Waals surface area (Å²) >= 11 is 0. The fraction of sp³-hybridized carbons (Fsp3) is 0.875. The summed E-state index contributed by atoms with van der Waals surface area (Å²) in [6, 6.07) is 0. The van der Waals surface area contributed by atoms with Crippen molar-refractivity contribution in [2.24, 2.45) is 5.92 Å². The number of rotatable bonds is 6. The van der Waals surface area contributed by atoms with E-state index in [-0.39, 0.29) is 0 Å². The molecule has 0 spiro atoms. The molecule has 0 aliphatic heterocycles. The summed E-state index contributed by atoms with van der Waals surface area (Å²) in [5.74, 6) is 0.326. The zero-order valence-corrected chi connectivity index (χ0v) is 9.74. The van der Waals surface area contributed by atoms with Gasteiger partial charge in [0.1, 0.15) is 0 Å². The molecule has 0 heterocycles. The van der Waals surface area contributed by atoms with Gasteiger partial charge in [0, 0.05) is 7.11 Å². The Labute approximate surface area is 84.7 Å². The zero-order valence-electron chi connectivity index (χ0n) is 8.74. The van der Waals surface area contributed by atoms with Crippen molar-refractivity contribution in [3.8, 4) is 0 Å². The topological polar surface area (TPSA) is 61.8 Å². The van der Waals surface area contributed by atoms with Crippen LogP contribution in [0.2, 0.25) is 0 Å². The third-order valence-electron chi connectivity index (χ3n) is 1.92. The molecular formula is C8H17O5P. The molecule has 0 bridgehead atoms. The molecule has 0 N–H and O–H groups in total. The smallest absolute Gasteiger partial charge is 0.434 e. The van der Waals surface area contributed by atoms with Crippen LogP contribution < -0.4 is 0 Å². The minimum absolute atomic E-state index is 0.296. The predicted molar refractivity (Wildman–Crippen MR) is 52.5 cm³/mol. The summed E-state index contributed by atoms with van der Waals surface area (Å²) in [5, 5.41) is 0. The van der Waals surface area contributed by atoms with Crippen molar-refractivity contribution in [2.75, 3.05) is 13.7 Å². The number of carbonyl (C=O) groups is 1. The van der Waals surface area contributed by atoms with Crippen LogP contribution in [0.5, 0.6) is 0 Å². The lowest BCUT2D eigenvalue weighted by molar-refractivity contribution is 0.0802. The lowest BCUT2D eigenvalue weighted by atomic mass is 10.1. The molecule has 0 aliphatic rings. The van der Waals surface area contributed by atoms with Crippen LogP contribution in [0.1, 0.15) is 26.7 Å². The molecular weight excluding hydrogens is 207 g/mol. The average Bonchev–Trinajstić information content (AvgIpc) is 2.19. The molecule has 0 saturated carbocycles. The third-order valence-corrected chi connectivity index (χ3v) is 2.59. The van der Waals surface area contributed by atoms with E-state index in [1.54, 1.807) is 0 Å². The van der Waals surface area contributed by atoms with Gasteiger partial charge < -0.3 is 13.8 Å². The van der Waals surface area contributed by atoms with Gasteiger partial charge in [0.2, 0.25) is 0 Å². The maximum Gasteiger partial charge on any atom is 0.514 e. The number of ether oxygens (including phenoxy) is 1. The maximum absolute atomic E-state index is 10.8. The molecule has 0 aromatic rings. The number of carbonyl (C=O) groups excluding carboxylic acids is 1. The number of hydrogen-bond acceptors (Lipinski definition) is 5. The minimum Gasteiger partial charge on any atom is -0.434 e. The van der Waals surface area contributed by atoms with Crippen LogP contribution in [-0.4, -0.2) is 19.9 Å². The Morgan fingerprint density at radius 2 is 1.93 bits per heavy atom. The van der Waals surface area contributed by atoms with Crippen LogP contribution in [0.4, 0.5) is 4.79 Å². The first-order chi connectivity index (χ1) is 6.63. The standard InChI is InChI=1S/C8H17O5P/c1-4-7(5-2)6-12-8(9)13-14(10)11-3/h7,14H,4-6H2,1-3H3. The van der Waals surface area contributed by atoms with Crippen LogP contribution in [-0.2, 0) is 18.3 Å². The summed E-state index contributed by atoms with van der Waals surface area (Å²) in [6.07, 6.45) is 0.939. The quantitative estimate of drug-likeness (QED) is 0.512. The minimum atomic E-state index is -2.71. The highest BCUT2D eigenvalue weighted by Crippen LogP contribution is 2.22. The Balaban J connectivity index is 3.67. The van der Waals surface area contributed by atoms with Crippen molar-refractivity contribution < 1.29 is 23.1 Å². The van der Waals surface area contributed by atoms with Crippen molar-refractivity contribution in [1.82, 2.24) is 0 Å². The van der Waals surface area contributed by atoms with Crippen molar-refractivity contribution in [3.63, 3.8) is 0 Å². The van der Waals surface area contributed by atoms with Crippen LogP contribution in [0.3, 0.4) is 0 Å². The van der Waals surface area contributed by atoms with Crippen LogP contribution in [0, 0.1) is 5.92 Å². The molecule has 0 aromatic heterocycles. The summed E-state index contributed by atoms with van der Waals surface area (Å²) < 4.78 is 24.0. The van der Waals surface area contributed by atoms with E-state index in [2.05, 4.69) is 9.05 Å². The van der Waals surface area contributed by atoms with Crippen LogP contribution in [0.25, 0.3) is 0 Å². The molecule has 0 radical (unpaired) electrons. The second-order valence-electron chi connectivity index (χ2n) is 2.80. The SMILES string of the molecule is CCC(CC)COC(=O)O[PH](=O)OC. The number of hydrogen-bond donors (Lipinski definition) is 0. The largest absolute Gasteiger partial charge is 0.514 e. The molecule has 0 rings (SSSR count). The summed E-state index contributed by atoms with van der Waals surface area (Å²) in [4.78, 5) is 10.8. The van der Waals surface area contributed by atoms with Gasteiger partial charge in [0.05, 0.1) is 6.61 Å². The Morgan fingerprint density at radius 3 is 2.36 bits per heavy atom. The third kappa shape index (κ3) is 6.00. The van der Waals surface area contributed by atoms with Crippen molar-refractivity contribution in [1.29, 1.82) is 0 Å². The zero-order chi connectivity index (χ0) is 11.0. The highest BCUT2D eigenvalue weighted by Gasteiger charge is 2.11. The summed E-state index contributed by atoms with van der Waals surface area (Å²) in [6.45, 7) is 4.33. The van der Waals surface area contributed by atoms with Gasteiger partial charge in [-0.1, -0.05) is 26.7 Å². The van der Waals surface area contributed by atoms with Crippen molar-refractivity contribution >= 4 is 14.4 Å². The fourth-order valence-corrected chi connectivity index (χ4v) is 1.13. The molecule has 0 aliphatic carbocycles. The average molecular weight is 224 g/mol. The van der Waals surface area contributed by atoms with Gasteiger partial charge in [-0.3, -0.25) is 0 Å². The van der Waals surface area contributed by atoms with Gasteiger partial charge in [-0.2, -0.15) is 0 Å². The molecule has 0 fully saturated rings. The Hall–Kier alpha value is -0.540. The molecule has 5 nitrogen and oxygen atoms in total. The Kier molecular flexibility index (Phi) is 7.52. The second-order valence-corrected chi connectivity index (χ2v) is 3.91. The molecule has 0 amide bonds. The van der Waals surface area contributed by atoms with E-state index in [0.717, 1.165) is 12.8 Å². The Morgan fingerprint density at radius 1 is 1.36 bits per heavy atom. The Bertz CT molecular complexity index is 190. The normalized spacial score (nSPS) is 12.6. The highest BCUT2D eigenvalue weighted by atomic mass is 31.1. The van der Waals surface area contributed by atoms with Gasteiger partial charge in [-0.25, -0.2) is 9.36 Å². The van der Waals surface area contributed by atoms with E-state index < -0.39 is 14.4 Å². The van der Waals surface area contributed by atoms with E-state index in [1.807, 2.05) is 13.8 Å². The molecule has 84 valence electrons. The van der Waals surface area contributed by atoms with Gasteiger partial charge in [-0.15, -0.1) is 0 Å². The van der Waals surface area contributed by atoms with Gasteiger partial charge in [-0.05, 0) is 5.92 Å². The van der Waals surface area contributed by atoms with E-state index in [9.17, 15) is 9.36 Å². The van der Waals surface area contributed by atoms with Crippen LogP contribution in [0.15, 0.2) is 0 Å². The monoisotopic (exact) mass is 224 g/mol. The molecule has 14 heavy (non-hydrogen) atoms. The predicted octanol–water partition coefficient (Wildman–Crippen LogP) is 2.61. The first-order valence-electron chi connectivity index (χ1n) is 4.56. The van der Waals surface area contributed by atoms with E-state index >= 15 is 0 Å². The van der Waals surface area contributed by atoms with Crippen LogP contribution >= 0.6 is 8.25 Å². The van der Waals surface area contributed by atoms with Gasteiger partial charge >= 0.3 is 14.4 Å². The molecule has 1 atom stereocenters. The van der Waals surface area contributed by atoms with Gasteiger partial charge in [0.25, 0.3) is 0 Å². The molecule has 0 aromatic carbocycles. The summed E-state index contributed by atoms with van der Waals surface area (Å²) in [5.41, 5.74) is 0. The van der Waals surface area contributed by atoms with E-state index in [4.69, 9.17) is 4.74 Å². The fourth-order valence-electron chi connectivity index (χ4n) is 0.849. The summed E-state index contributed by atoms with van der Waals surface area (Å²) in [7, 11) is -1.51. The van der Waals surface area contributed by atoms with Crippen molar-refractivity contribution in [2.45, 2.75) is 26.7 Å². The maximum atomic E-state index is 10.8. The van der Waals surface area contributed by atoms with Crippen molar-refractivity contribution in [3.05, 3.63) is 0 Å². The second kappa shape index (κ2) is 7.83. The first-order valence-corrected chi connectivity index (χ1v) is 5.79. The lowest BCUT2D eigenvalue weighted by Gasteiger charge is -2.11. The molecule has 1 unspecified atom stereocenters. The van der Waals surface area contributed by atoms with Gasteiger partial charge in [0.15, 0.2) is 0 Å². The lowest BCUT2D eigenvalue weighted by Crippen LogP contribution is -2.12. The first kappa shape index (κ1) is 13.5. The highest BCUT2D eigenvalue weighted by molar-refractivity contribution is 7.33. The molecule has 0 saturated heterocycles. The van der Waals surface area contributed by atoms with E-state index in [1.165, 1.54) is 7.11 Å².